The van der Waals surface area contributed by atoms with Crippen molar-refractivity contribution in [2.24, 2.45) is 0 Å². The van der Waals surface area contributed by atoms with Gasteiger partial charge in [-0.25, -0.2) is 0 Å². The highest BCUT2D eigenvalue weighted by Gasteiger charge is 2.17. The van der Waals surface area contributed by atoms with Gasteiger partial charge >= 0.3 is 0 Å². The van der Waals surface area contributed by atoms with Crippen LogP contribution in [0.3, 0.4) is 0 Å². The predicted octanol–water partition coefficient (Wildman–Crippen LogP) is 2.29. The number of aromatic amines is 1. The van der Waals surface area contributed by atoms with E-state index in [-0.39, 0.29) is 11.7 Å². The van der Waals surface area contributed by atoms with Crippen LogP contribution >= 0.6 is 0 Å². The highest BCUT2D eigenvalue weighted by molar-refractivity contribution is 5.95. The van der Waals surface area contributed by atoms with E-state index in [1.807, 2.05) is 6.07 Å². The number of benzene rings is 2. The van der Waals surface area contributed by atoms with Crippen LogP contribution < -0.4 is 10.7 Å². The Balaban J connectivity index is 1.85. The summed E-state index contributed by atoms with van der Waals surface area (Å²) in [7, 11) is 0. The van der Waals surface area contributed by atoms with Crippen LogP contribution in [0.1, 0.15) is 34.6 Å². The summed E-state index contributed by atoms with van der Waals surface area (Å²) in [6, 6.07) is 15.5. The van der Waals surface area contributed by atoms with Crippen molar-refractivity contribution in [3.63, 3.8) is 0 Å². The second-order valence-corrected chi connectivity index (χ2v) is 5.38. The maximum absolute atomic E-state index is 12.4. The van der Waals surface area contributed by atoms with Crippen molar-refractivity contribution in [2.45, 2.75) is 13.0 Å². The second kappa shape index (κ2) is 6.34. The first kappa shape index (κ1) is 15.4. The lowest BCUT2D eigenvalue weighted by Crippen LogP contribution is -2.32. The highest BCUT2D eigenvalue weighted by atomic mass is 16.2. The van der Waals surface area contributed by atoms with Crippen LogP contribution in [-0.4, -0.2) is 16.1 Å². The van der Waals surface area contributed by atoms with E-state index in [1.165, 1.54) is 0 Å². The fraction of sp³-hybridized carbons (Fsp3) is 0.111. The molecule has 0 spiro atoms. The smallest absolute Gasteiger partial charge is 0.276 e. The van der Waals surface area contributed by atoms with E-state index in [0.717, 1.165) is 5.56 Å². The molecular weight excluding hydrogens is 304 g/mol. The first-order valence-electron chi connectivity index (χ1n) is 7.38. The van der Waals surface area contributed by atoms with E-state index in [0.29, 0.717) is 16.5 Å². The van der Waals surface area contributed by atoms with Crippen LogP contribution in [0.4, 0.5) is 0 Å². The SMILES string of the molecule is CC(NC(=O)c1n[nH]c2ccccc2c1=O)c1ccc(C#N)cc1. The number of nitrogens with one attached hydrogen (secondary N) is 2. The van der Waals surface area contributed by atoms with Gasteiger partial charge in [-0.15, -0.1) is 0 Å². The Morgan fingerprint density at radius 3 is 2.62 bits per heavy atom. The lowest BCUT2D eigenvalue weighted by atomic mass is 10.1. The zero-order chi connectivity index (χ0) is 17.1. The van der Waals surface area contributed by atoms with Gasteiger partial charge in [-0.3, -0.25) is 14.7 Å². The van der Waals surface area contributed by atoms with Gasteiger partial charge in [-0.2, -0.15) is 10.4 Å². The molecule has 24 heavy (non-hydrogen) atoms. The molecule has 118 valence electrons. The summed E-state index contributed by atoms with van der Waals surface area (Å²) >= 11 is 0. The lowest BCUT2D eigenvalue weighted by molar-refractivity contribution is 0.0933. The molecule has 1 atom stereocenters. The number of amides is 1. The zero-order valence-electron chi connectivity index (χ0n) is 12.9. The molecule has 6 nitrogen and oxygen atoms in total. The Labute approximate surface area is 137 Å². The summed E-state index contributed by atoms with van der Waals surface area (Å²) in [5.41, 5.74) is 1.38. The number of rotatable bonds is 3. The molecule has 0 aliphatic rings. The van der Waals surface area contributed by atoms with Crippen LogP contribution in [0, 0.1) is 11.3 Å². The second-order valence-electron chi connectivity index (χ2n) is 5.38. The van der Waals surface area contributed by atoms with Gasteiger partial charge < -0.3 is 5.32 Å². The maximum Gasteiger partial charge on any atom is 0.276 e. The van der Waals surface area contributed by atoms with Crippen LogP contribution in [0.5, 0.6) is 0 Å². The number of carbonyl (C=O) groups excluding carboxylic acids is 1. The largest absolute Gasteiger partial charge is 0.344 e. The third-order valence-corrected chi connectivity index (χ3v) is 3.78. The quantitative estimate of drug-likeness (QED) is 0.774. The summed E-state index contributed by atoms with van der Waals surface area (Å²) in [6.07, 6.45) is 0. The summed E-state index contributed by atoms with van der Waals surface area (Å²) in [6.45, 7) is 1.80. The Morgan fingerprint density at radius 1 is 1.21 bits per heavy atom. The number of H-pyrrole nitrogens is 1. The molecule has 1 heterocycles. The zero-order valence-corrected chi connectivity index (χ0v) is 12.9. The van der Waals surface area contributed by atoms with E-state index in [2.05, 4.69) is 15.5 Å². The minimum atomic E-state index is -0.543. The molecule has 3 rings (SSSR count). The van der Waals surface area contributed by atoms with Crippen molar-refractivity contribution in [2.75, 3.05) is 0 Å². The van der Waals surface area contributed by atoms with Crippen LogP contribution in [0.15, 0.2) is 53.3 Å². The highest BCUT2D eigenvalue weighted by Crippen LogP contribution is 2.13. The van der Waals surface area contributed by atoms with Crippen molar-refractivity contribution >= 4 is 16.8 Å². The molecule has 0 radical (unpaired) electrons. The summed E-state index contributed by atoms with van der Waals surface area (Å²) < 4.78 is 0. The molecule has 1 amide bonds. The Hall–Kier alpha value is -3.46. The number of hydrogen-bond donors (Lipinski definition) is 2. The standard InChI is InChI=1S/C18H14N4O2/c1-11(13-8-6-12(10-19)7-9-13)20-18(24)16-17(23)14-4-2-3-5-15(14)21-22-16/h2-9,11H,1H3,(H,20,24)(H,21,23). The molecular formula is C18H14N4O2. The van der Waals surface area contributed by atoms with Gasteiger partial charge in [-0.1, -0.05) is 24.3 Å². The van der Waals surface area contributed by atoms with Crippen molar-refractivity contribution in [1.29, 1.82) is 5.26 Å². The Morgan fingerprint density at radius 2 is 1.92 bits per heavy atom. The first-order chi connectivity index (χ1) is 11.6. The normalized spacial score (nSPS) is 11.7. The fourth-order valence-electron chi connectivity index (χ4n) is 2.42. The van der Waals surface area contributed by atoms with Crippen molar-refractivity contribution < 1.29 is 4.79 Å². The minimum Gasteiger partial charge on any atom is -0.344 e. The fourth-order valence-corrected chi connectivity index (χ4v) is 2.42. The van der Waals surface area contributed by atoms with E-state index in [4.69, 9.17) is 5.26 Å². The Bertz CT molecular complexity index is 1000. The van der Waals surface area contributed by atoms with E-state index >= 15 is 0 Å². The number of nitriles is 1. The van der Waals surface area contributed by atoms with Crippen molar-refractivity contribution in [3.05, 3.63) is 75.6 Å². The van der Waals surface area contributed by atoms with Crippen LogP contribution in [0.2, 0.25) is 0 Å². The summed E-state index contributed by atoms with van der Waals surface area (Å²) in [4.78, 5) is 24.8. The average Bonchev–Trinajstić information content (AvgIpc) is 2.62. The molecule has 2 N–H and O–H groups in total. The van der Waals surface area contributed by atoms with Gasteiger partial charge in [0.05, 0.1) is 23.2 Å². The van der Waals surface area contributed by atoms with Crippen LogP contribution in [0.25, 0.3) is 10.9 Å². The van der Waals surface area contributed by atoms with Gasteiger partial charge in [0.15, 0.2) is 5.69 Å². The third kappa shape index (κ3) is 2.88. The molecule has 0 aliphatic carbocycles. The maximum atomic E-state index is 12.4. The van der Waals surface area contributed by atoms with Gasteiger partial charge in [0.25, 0.3) is 5.91 Å². The molecule has 0 bridgehead atoms. The topological polar surface area (TPSA) is 98.6 Å². The lowest BCUT2D eigenvalue weighted by Gasteiger charge is -2.14. The molecule has 6 heteroatoms. The molecule has 0 fully saturated rings. The number of aromatic nitrogens is 2. The minimum absolute atomic E-state index is 0.172. The first-order valence-corrected chi connectivity index (χ1v) is 7.38. The van der Waals surface area contributed by atoms with Crippen LogP contribution in [-0.2, 0) is 0 Å². The monoisotopic (exact) mass is 318 g/mol. The van der Waals surface area contributed by atoms with Gasteiger partial charge in [0, 0.05) is 5.39 Å². The number of hydrogen-bond acceptors (Lipinski definition) is 4. The third-order valence-electron chi connectivity index (χ3n) is 3.78. The predicted molar refractivity (Wildman–Crippen MR) is 89.4 cm³/mol. The summed E-state index contributed by atoms with van der Waals surface area (Å²) in [5.74, 6) is -0.543. The molecule has 0 saturated heterocycles. The molecule has 0 saturated carbocycles. The van der Waals surface area contributed by atoms with Crippen molar-refractivity contribution in [3.8, 4) is 6.07 Å². The molecule has 3 aromatic rings. The molecule has 0 aliphatic heterocycles. The molecule has 1 aromatic heterocycles. The average molecular weight is 318 g/mol. The van der Waals surface area contributed by atoms with Gasteiger partial charge in [0.1, 0.15) is 0 Å². The van der Waals surface area contributed by atoms with E-state index < -0.39 is 11.3 Å². The molecule has 1 unspecified atom stereocenters. The van der Waals surface area contributed by atoms with Gasteiger partial charge in [-0.05, 0) is 36.8 Å². The van der Waals surface area contributed by atoms with E-state index in [1.54, 1.807) is 55.5 Å². The number of fused-ring (bicyclic) bond motifs is 1. The summed E-state index contributed by atoms with van der Waals surface area (Å²) in [5, 5.41) is 18.6. The number of nitrogens with zero attached hydrogens (tertiary/aromatic N) is 2. The number of carbonyl (C=O) groups is 1. The van der Waals surface area contributed by atoms with Crippen molar-refractivity contribution in [1.82, 2.24) is 15.5 Å². The van der Waals surface area contributed by atoms with Gasteiger partial charge in [0.2, 0.25) is 5.43 Å². The van der Waals surface area contributed by atoms with E-state index in [9.17, 15) is 9.59 Å². The number of para-hydroxylation sites is 1. The molecule has 2 aromatic carbocycles. The Kier molecular flexibility index (Phi) is 4.08.